The van der Waals surface area contributed by atoms with E-state index in [4.69, 9.17) is 11.6 Å². The Morgan fingerprint density at radius 2 is 2.28 bits per heavy atom. The number of halogens is 1. The number of carbonyl (C=O) groups is 2. The molecule has 1 aliphatic heterocycles. The molecule has 0 spiro atoms. The number of likely N-dealkylation sites (tertiary alicyclic amines) is 1. The average molecular weight is 266 g/mol. The Morgan fingerprint density at radius 3 is 2.89 bits per heavy atom. The summed E-state index contributed by atoms with van der Waals surface area (Å²) in [4.78, 5) is 25.4. The minimum absolute atomic E-state index is 0.0531. The smallest absolute Gasteiger partial charge is 0.223 e. The van der Waals surface area contributed by atoms with E-state index in [0.29, 0.717) is 29.5 Å². The van der Waals surface area contributed by atoms with Crippen molar-refractivity contribution in [3.8, 4) is 0 Å². The molecule has 1 aromatic rings. The molecule has 2 rings (SSSR count). The molecule has 1 heterocycles. The quantitative estimate of drug-likeness (QED) is 0.785. The van der Waals surface area contributed by atoms with Crippen LogP contribution in [0.2, 0.25) is 5.02 Å². The third kappa shape index (κ3) is 2.91. The van der Waals surface area contributed by atoms with Gasteiger partial charge in [0.25, 0.3) is 0 Å². The topological polar surface area (TPSA) is 37.4 Å². The van der Waals surface area contributed by atoms with Gasteiger partial charge in [0.2, 0.25) is 5.91 Å². The number of nitrogens with zero attached hydrogens (tertiary/aromatic N) is 1. The van der Waals surface area contributed by atoms with Crippen LogP contribution in [0.4, 0.5) is 0 Å². The van der Waals surface area contributed by atoms with Crippen LogP contribution in [0.5, 0.6) is 0 Å². The van der Waals surface area contributed by atoms with Gasteiger partial charge in [-0.1, -0.05) is 37.1 Å². The number of ketones is 1. The van der Waals surface area contributed by atoms with Gasteiger partial charge in [-0.25, -0.2) is 0 Å². The van der Waals surface area contributed by atoms with Crippen LogP contribution < -0.4 is 0 Å². The van der Waals surface area contributed by atoms with Gasteiger partial charge in [-0.3, -0.25) is 9.59 Å². The van der Waals surface area contributed by atoms with E-state index in [1.807, 2.05) is 0 Å². The van der Waals surface area contributed by atoms with E-state index in [2.05, 4.69) is 6.92 Å². The van der Waals surface area contributed by atoms with Crippen LogP contribution in [-0.2, 0) is 4.79 Å². The van der Waals surface area contributed by atoms with Gasteiger partial charge in [0.05, 0.1) is 6.54 Å². The zero-order valence-electron chi connectivity index (χ0n) is 10.4. The normalized spacial score (nSPS) is 19.3. The molecule has 1 aliphatic rings. The molecule has 1 unspecified atom stereocenters. The van der Waals surface area contributed by atoms with E-state index < -0.39 is 0 Å². The fourth-order valence-electron chi connectivity index (χ4n) is 2.21. The number of Topliss-reactive ketones (excluding diaryl/α,β-unsaturated/α-hetero) is 1. The number of rotatable bonds is 4. The maximum absolute atomic E-state index is 12.0. The number of hydrogen-bond acceptors (Lipinski definition) is 2. The van der Waals surface area contributed by atoms with Crippen LogP contribution in [0.3, 0.4) is 0 Å². The number of hydrogen-bond donors (Lipinski definition) is 0. The maximum Gasteiger partial charge on any atom is 0.223 e. The highest BCUT2D eigenvalue weighted by Crippen LogP contribution is 2.21. The van der Waals surface area contributed by atoms with Gasteiger partial charge in [-0.15, -0.1) is 0 Å². The Hall–Kier alpha value is -1.35. The van der Waals surface area contributed by atoms with Crippen LogP contribution in [0.25, 0.3) is 0 Å². The Kier molecular flexibility index (Phi) is 4.02. The van der Waals surface area contributed by atoms with Gasteiger partial charge in [0.15, 0.2) is 5.78 Å². The Labute approximate surface area is 112 Å². The van der Waals surface area contributed by atoms with Gasteiger partial charge in [0, 0.05) is 23.6 Å². The molecule has 0 aliphatic carbocycles. The molecule has 0 bridgehead atoms. The summed E-state index contributed by atoms with van der Waals surface area (Å²) in [5.74, 6) is 0.421. The lowest BCUT2D eigenvalue weighted by Crippen LogP contribution is -2.31. The molecular weight excluding hydrogens is 250 g/mol. The lowest BCUT2D eigenvalue weighted by Gasteiger charge is -2.15. The standard InChI is InChI=1S/C14H16ClNO2/c1-2-10-6-14(18)16(8-10)9-13(17)11-4-3-5-12(15)7-11/h3-5,7,10H,2,6,8-9H2,1H3. The summed E-state index contributed by atoms with van der Waals surface area (Å²) < 4.78 is 0. The van der Waals surface area contributed by atoms with Gasteiger partial charge in [-0.05, 0) is 18.1 Å². The predicted molar refractivity (Wildman–Crippen MR) is 70.8 cm³/mol. The molecular formula is C14H16ClNO2. The second-order valence-electron chi connectivity index (χ2n) is 4.69. The molecule has 4 heteroatoms. The van der Waals surface area contributed by atoms with Gasteiger partial charge in [0.1, 0.15) is 0 Å². The summed E-state index contributed by atoms with van der Waals surface area (Å²) in [7, 11) is 0. The van der Waals surface area contributed by atoms with E-state index in [0.717, 1.165) is 6.42 Å². The van der Waals surface area contributed by atoms with E-state index in [1.54, 1.807) is 29.2 Å². The highest BCUT2D eigenvalue weighted by molar-refractivity contribution is 6.31. The number of amides is 1. The Morgan fingerprint density at radius 1 is 1.50 bits per heavy atom. The molecule has 18 heavy (non-hydrogen) atoms. The molecule has 0 saturated carbocycles. The molecule has 0 N–H and O–H groups in total. The molecule has 1 amide bonds. The van der Waals surface area contributed by atoms with Crippen LogP contribution in [0.1, 0.15) is 30.1 Å². The minimum atomic E-state index is -0.0531. The molecule has 1 atom stereocenters. The van der Waals surface area contributed by atoms with Crippen LogP contribution >= 0.6 is 11.6 Å². The zero-order valence-corrected chi connectivity index (χ0v) is 11.1. The van der Waals surface area contributed by atoms with Crippen molar-refractivity contribution in [3.63, 3.8) is 0 Å². The first kappa shape index (κ1) is 13.1. The van der Waals surface area contributed by atoms with Gasteiger partial charge >= 0.3 is 0 Å². The van der Waals surface area contributed by atoms with Crippen molar-refractivity contribution in [2.24, 2.45) is 5.92 Å². The first-order valence-corrected chi connectivity index (χ1v) is 6.54. The highest BCUT2D eigenvalue weighted by atomic mass is 35.5. The molecule has 96 valence electrons. The van der Waals surface area contributed by atoms with Crippen molar-refractivity contribution >= 4 is 23.3 Å². The van der Waals surface area contributed by atoms with E-state index in [9.17, 15) is 9.59 Å². The first-order valence-electron chi connectivity index (χ1n) is 6.16. The second kappa shape index (κ2) is 5.53. The van der Waals surface area contributed by atoms with Crippen molar-refractivity contribution in [2.75, 3.05) is 13.1 Å². The fraction of sp³-hybridized carbons (Fsp3) is 0.429. The SMILES string of the molecule is CCC1CC(=O)N(CC(=O)c2cccc(Cl)c2)C1. The molecule has 1 saturated heterocycles. The second-order valence-corrected chi connectivity index (χ2v) is 5.12. The van der Waals surface area contributed by atoms with Crippen LogP contribution in [-0.4, -0.2) is 29.7 Å². The lowest BCUT2D eigenvalue weighted by atomic mass is 10.1. The van der Waals surface area contributed by atoms with Crippen molar-refractivity contribution in [1.29, 1.82) is 0 Å². The van der Waals surface area contributed by atoms with Crippen molar-refractivity contribution in [1.82, 2.24) is 4.90 Å². The highest BCUT2D eigenvalue weighted by Gasteiger charge is 2.29. The summed E-state index contributed by atoms with van der Waals surface area (Å²) >= 11 is 5.85. The largest absolute Gasteiger partial charge is 0.335 e. The molecule has 1 fully saturated rings. The summed E-state index contributed by atoms with van der Waals surface area (Å²) in [6.45, 7) is 2.93. The van der Waals surface area contributed by atoms with E-state index >= 15 is 0 Å². The molecule has 3 nitrogen and oxygen atoms in total. The maximum atomic E-state index is 12.0. The third-order valence-electron chi connectivity index (χ3n) is 3.35. The number of carbonyl (C=O) groups excluding carboxylic acids is 2. The monoisotopic (exact) mass is 265 g/mol. The average Bonchev–Trinajstić information content (AvgIpc) is 2.70. The van der Waals surface area contributed by atoms with E-state index in [-0.39, 0.29) is 18.2 Å². The first-order chi connectivity index (χ1) is 8.60. The molecule has 0 aromatic heterocycles. The van der Waals surface area contributed by atoms with Gasteiger partial charge in [-0.2, -0.15) is 0 Å². The summed E-state index contributed by atoms with van der Waals surface area (Å²) in [5.41, 5.74) is 0.565. The summed E-state index contributed by atoms with van der Waals surface area (Å²) in [6.07, 6.45) is 1.55. The number of benzene rings is 1. The fourth-order valence-corrected chi connectivity index (χ4v) is 2.40. The predicted octanol–water partition coefficient (Wildman–Crippen LogP) is 2.78. The van der Waals surface area contributed by atoms with Crippen LogP contribution in [0, 0.1) is 5.92 Å². The van der Waals surface area contributed by atoms with Crippen molar-refractivity contribution in [3.05, 3.63) is 34.9 Å². The van der Waals surface area contributed by atoms with Crippen LogP contribution in [0.15, 0.2) is 24.3 Å². The Bertz CT molecular complexity index is 473. The lowest BCUT2D eigenvalue weighted by molar-refractivity contribution is -0.127. The van der Waals surface area contributed by atoms with Gasteiger partial charge < -0.3 is 4.90 Å². The minimum Gasteiger partial charge on any atom is -0.335 e. The van der Waals surface area contributed by atoms with Crippen molar-refractivity contribution in [2.45, 2.75) is 19.8 Å². The summed E-state index contributed by atoms with van der Waals surface area (Å²) in [6, 6.07) is 6.84. The Balaban J connectivity index is 2.02. The summed E-state index contributed by atoms with van der Waals surface area (Å²) in [5, 5.41) is 0.542. The van der Waals surface area contributed by atoms with Crippen molar-refractivity contribution < 1.29 is 9.59 Å². The zero-order chi connectivity index (χ0) is 13.1. The third-order valence-corrected chi connectivity index (χ3v) is 3.59. The van der Waals surface area contributed by atoms with E-state index in [1.165, 1.54) is 0 Å². The molecule has 0 radical (unpaired) electrons. The molecule has 1 aromatic carbocycles.